The van der Waals surface area contributed by atoms with Crippen LogP contribution >= 0.6 is 11.6 Å². The molecule has 1 aromatic rings. The number of fused-ring (bicyclic) bond motifs is 1. The molecule has 0 amide bonds. The van der Waals surface area contributed by atoms with Gasteiger partial charge in [0.1, 0.15) is 18.3 Å². The van der Waals surface area contributed by atoms with Gasteiger partial charge in [-0.3, -0.25) is 0 Å². The van der Waals surface area contributed by atoms with Gasteiger partial charge >= 0.3 is 0 Å². The summed E-state index contributed by atoms with van der Waals surface area (Å²) in [5.74, 6) is -0.0859. The van der Waals surface area contributed by atoms with Gasteiger partial charge in [0.2, 0.25) is 0 Å². The van der Waals surface area contributed by atoms with Gasteiger partial charge in [0.15, 0.2) is 5.79 Å². The van der Waals surface area contributed by atoms with Gasteiger partial charge in [0.05, 0.1) is 18.6 Å². The van der Waals surface area contributed by atoms with E-state index in [1.54, 1.807) is 0 Å². The van der Waals surface area contributed by atoms with E-state index in [2.05, 4.69) is 12.1 Å². The summed E-state index contributed by atoms with van der Waals surface area (Å²) in [4.78, 5) is 0. The topological polar surface area (TPSA) is 36.9 Å². The van der Waals surface area contributed by atoms with Crippen LogP contribution in [0.15, 0.2) is 30.3 Å². The fourth-order valence-electron chi connectivity index (χ4n) is 3.62. The molecule has 3 rings (SSSR count). The molecule has 0 spiro atoms. The van der Waals surface area contributed by atoms with Crippen LogP contribution < -0.4 is 0 Å². The molecule has 2 aliphatic heterocycles. The van der Waals surface area contributed by atoms with Crippen molar-refractivity contribution >= 4 is 11.6 Å². The molecule has 25 heavy (non-hydrogen) atoms. The Morgan fingerprint density at radius 1 is 1.00 bits per heavy atom. The summed E-state index contributed by atoms with van der Waals surface area (Å²) in [5.41, 5.74) is 1.22. The van der Waals surface area contributed by atoms with E-state index in [9.17, 15) is 0 Å². The van der Waals surface area contributed by atoms with Gasteiger partial charge in [-0.25, -0.2) is 0 Å². The number of unbranched alkanes of at least 4 members (excludes halogenated alkanes) is 2. The Balaban J connectivity index is 1.31. The zero-order valence-corrected chi connectivity index (χ0v) is 15.9. The number of halogens is 1. The van der Waals surface area contributed by atoms with E-state index in [1.165, 1.54) is 5.56 Å². The summed E-state index contributed by atoms with van der Waals surface area (Å²) in [6, 6.07) is 10.3. The summed E-state index contributed by atoms with van der Waals surface area (Å²) in [7, 11) is 0. The normalized spacial score (nSPS) is 30.5. The first kappa shape index (κ1) is 19.1. The number of ether oxygens (including phenoxy) is 4. The lowest BCUT2D eigenvalue weighted by Gasteiger charge is -2.23. The molecular weight excluding hydrogens is 340 g/mol. The van der Waals surface area contributed by atoms with E-state index in [-0.39, 0.29) is 24.4 Å². The minimum absolute atomic E-state index is 0.00748. The molecule has 2 fully saturated rings. The monoisotopic (exact) mass is 368 g/mol. The van der Waals surface area contributed by atoms with Crippen molar-refractivity contribution in [3.8, 4) is 0 Å². The highest BCUT2D eigenvalue weighted by molar-refractivity contribution is 6.18. The Hall–Kier alpha value is -0.650. The Morgan fingerprint density at radius 3 is 2.44 bits per heavy atom. The summed E-state index contributed by atoms with van der Waals surface area (Å²) >= 11 is 6.02. The quantitative estimate of drug-likeness (QED) is 0.481. The minimum Gasteiger partial charge on any atom is -0.377 e. The van der Waals surface area contributed by atoms with Crippen LogP contribution in [0.5, 0.6) is 0 Å². The van der Waals surface area contributed by atoms with Crippen LogP contribution in [0.3, 0.4) is 0 Å². The second kappa shape index (κ2) is 8.83. The van der Waals surface area contributed by atoms with Gasteiger partial charge in [-0.15, -0.1) is 11.6 Å². The summed E-state index contributed by atoms with van der Waals surface area (Å²) in [6.07, 6.45) is 4.26. The van der Waals surface area contributed by atoms with Crippen molar-refractivity contribution in [3.63, 3.8) is 0 Å². The van der Waals surface area contributed by atoms with Crippen molar-refractivity contribution in [1.29, 1.82) is 0 Å². The largest absolute Gasteiger partial charge is 0.377 e. The highest BCUT2D eigenvalue weighted by Gasteiger charge is 2.54. The van der Waals surface area contributed by atoms with Crippen molar-refractivity contribution in [1.82, 2.24) is 0 Å². The lowest BCUT2D eigenvalue weighted by molar-refractivity contribution is -0.185. The molecule has 0 unspecified atom stereocenters. The maximum atomic E-state index is 6.04. The number of hydrogen-bond donors (Lipinski definition) is 0. The molecular formula is C20H29ClO4. The molecule has 2 heterocycles. The fraction of sp³-hybridized carbons (Fsp3) is 0.700. The standard InChI is InChI=1S/C20H29ClO4/c1-20(2)24-18-16(23-17(13-21)19(18)25-20)11-7-4-8-12-22-14-15-9-5-3-6-10-15/h3,5-6,9-10,16-19H,4,7-8,11-14H2,1-2H3/t16-,17+,18-,19+/m0/s1. The molecule has 0 saturated carbocycles. The van der Waals surface area contributed by atoms with Gasteiger partial charge in [-0.05, 0) is 32.3 Å². The zero-order valence-electron chi connectivity index (χ0n) is 15.2. The highest BCUT2D eigenvalue weighted by atomic mass is 35.5. The zero-order chi connectivity index (χ0) is 17.7. The first-order valence-corrected chi connectivity index (χ1v) is 9.81. The molecule has 4 nitrogen and oxygen atoms in total. The predicted molar refractivity (Wildman–Crippen MR) is 97.8 cm³/mol. The lowest BCUT2D eigenvalue weighted by Crippen LogP contribution is -2.30. The molecule has 1 aromatic carbocycles. The lowest BCUT2D eigenvalue weighted by atomic mass is 10.0. The second-order valence-electron chi connectivity index (χ2n) is 7.32. The third-order valence-electron chi connectivity index (χ3n) is 4.79. The van der Waals surface area contributed by atoms with Crippen LogP contribution in [-0.2, 0) is 25.6 Å². The van der Waals surface area contributed by atoms with Crippen molar-refractivity contribution in [3.05, 3.63) is 35.9 Å². The molecule has 0 aliphatic carbocycles. The SMILES string of the molecule is CC1(C)O[C@@H]2[C@H](O1)[C@@H](CCl)O[C@H]2CCCCCOCc1ccccc1. The van der Waals surface area contributed by atoms with E-state index < -0.39 is 5.79 Å². The Labute approximate surface area is 155 Å². The molecule has 0 radical (unpaired) electrons. The van der Waals surface area contributed by atoms with E-state index in [1.807, 2.05) is 32.0 Å². The molecule has 5 heteroatoms. The van der Waals surface area contributed by atoms with Gasteiger partial charge in [-0.2, -0.15) is 0 Å². The van der Waals surface area contributed by atoms with Crippen LogP contribution in [0.2, 0.25) is 0 Å². The average Bonchev–Trinajstić information content (AvgIpc) is 3.08. The van der Waals surface area contributed by atoms with E-state index in [4.69, 9.17) is 30.5 Å². The van der Waals surface area contributed by atoms with Gasteiger partial charge in [-0.1, -0.05) is 43.2 Å². The first-order valence-electron chi connectivity index (χ1n) is 9.28. The van der Waals surface area contributed by atoms with Crippen LogP contribution in [0, 0.1) is 0 Å². The van der Waals surface area contributed by atoms with Gasteiger partial charge < -0.3 is 18.9 Å². The summed E-state index contributed by atoms with van der Waals surface area (Å²) < 4.78 is 23.8. The third-order valence-corrected chi connectivity index (χ3v) is 5.09. The molecule has 0 bridgehead atoms. The van der Waals surface area contributed by atoms with Crippen molar-refractivity contribution < 1.29 is 18.9 Å². The number of rotatable bonds is 9. The maximum Gasteiger partial charge on any atom is 0.164 e. The molecule has 2 aliphatic rings. The molecule has 140 valence electrons. The molecule has 4 atom stereocenters. The smallest absolute Gasteiger partial charge is 0.164 e. The molecule has 2 saturated heterocycles. The Kier molecular flexibility index (Phi) is 6.75. The predicted octanol–water partition coefficient (Wildman–Crippen LogP) is 4.29. The highest BCUT2D eigenvalue weighted by Crippen LogP contribution is 2.40. The van der Waals surface area contributed by atoms with Gasteiger partial charge in [0.25, 0.3) is 0 Å². The maximum absolute atomic E-state index is 6.04. The average molecular weight is 369 g/mol. The number of hydrogen-bond acceptors (Lipinski definition) is 4. The van der Waals surface area contributed by atoms with Crippen LogP contribution in [-0.4, -0.2) is 42.7 Å². The Morgan fingerprint density at radius 2 is 1.72 bits per heavy atom. The first-order chi connectivity index (χ1) is 12.1. The number of alkyl halides is 1. The molecule has 0 aromatic heterocycles. The fourth-order valence-corrected chi connectivity index (χ4v) is 3.87. The van der Waals surface area contributed by atoms with Crippen molar-refractivity contribution in [2.24, 2.45) is 0 Å². The summed E-state index contributed by atoms with van der Waals surface area (Å²) in [5, 5.41) is 0. The van der Waals surface area contributed by atoms with Crippen molar-refractivity contribution in [2.75, 3.05) is 12.5 Å². The Bertz CT molecular complexity index is 522. The van der Waals surface area contributed by atoms with Crippen LogP contribution in [0.4, 0.5) is 0 Å². The van der Waals surface area contributed by atoms with E-state index in [0.29, 0.717) is 12.5 Å². The van der Waals surface area contributed by atoms with Crippen molar-refractivity contribution in [2.45, 2.75) is 76.3 Å². The number of benzene rings is 1. The summed E-state index contributed by atoms with van der Waals surface area (Å²) in [6.45, 7) is 5.40. The van der Waals surface area contributed by atoms with E-state index >= 15 is 0 Å². The second-order valence-corrected chi connectivity index (χ2v) is 7.63. The van der Waals surface area contributed by atoms with Crippen LogP contribution in [0.1, 0.15) is 45.1 Å². The molecule has 0 N–H and O–H groups in total. The van der Waals surface area contributed by atoms with Gasteiger partial charge in [0, 0.05) is 6.61 Å². The van der Waals surface area contributed by atoms with E-state index in [0.717, 1.165) is 32.3 Å². The van der Waals surface area contributed by atoms with Crippen LogP contribution in [0.25, 0.3) is 0 Å². The minimum atomic E-state index is -0.535. The third kappa shape index (κ3) is 5.18.